The van der Waals surface area contributed by atoms with E-state index >= 15 is 0 Å². The van der Waals surface area contributed by atoms with Crippen LogP contribution in [0, 0.1) is 20.4 Å². The van der Waals surface area contributed by atoms with Crippen LogP contribution < -0.4 is 4.57 Å². The van der Waals surface area contributed by atoms with Crippen LogP contribution in [0.4, 0.5) is 5.69 Å². The van der Waals surface area contributed by atoms with Gasteiger partial charge in [0.25, 0.3) is 0 Å². The zero-order valence-corrected chi connectivity index (χ0v) is 13.9. The van der Waals surface area contributed by atoms with Crippen LogP contribution in [-0.2, 0) is 7.05 Å². The molecule has 3 nitrogen and oxygen atoms in total. The van der Waals surface area contributed by atoms with Crippen molar-refractivity contribution in [3.63, 3.8) is 0 Å². The molecule has 24 heavy (non-hydrogen) atoms. The second-order valence-corrected chi connectivity index (χ2v) is 6.23. The number of nitrogens with zero attached hydrogens (tertiary/aromatic N) is 2. The first-order chi connectivity index (χ1) is 11.6. The Labute approximate surface area is 140 Å². The fourth-order valence-electron chi connectivity index (χ4n) is 3.37. The zero-order chi connectivity index (χ0) is 16.8. The molecule has 116 valence electrons. The van der Waals surface area contributed by atoms with Crippen LogP contribution in [0.2, 0.25) is 0 Å². The van der Waals surface area contributed by atoms with Crippen LogP contribution in [-0.4, -0.2) is 0 Å². The number of aromatic nitrogens is 1. The number of fused-ring (bicyclic) bond motifs is 3. The molecule has 0 saturated heterocycles. The molecular weight excluding hydrogens is 296 g/mol. The lowest BCUT2D eigenvalue weighted by Crippen LogP contribution is -2.31. The van der Waals surface area contributed by atoms with E-state index in [-0.39, 0.29) is 0 Å². The van der Waals surface area contributed by atoms with Gasteiger partial charge in [-0.3, -0.25) is 0 Å². The minimum absolute atomic E-state index is 0.630. The molecule has 2 aromatic heterocycles. The molecule has 0 aliphatic rings. The molecule has 0 spiro atoms. The molecule has 0 amide bonds. The average Bonchev–Trinajstić information content (AvgIpc) is 2.93. The summed E-state index contributed by atoms with van der Waals surface area (Å²) in [7, 11) is 2.06. The van der Waals surface area contributed by atoms with E-state index in [0.29, 0.717) is 5.69 Å². The predicted octanol–water partition coefficient (Wildman–Crippen LogP) is 5.25. The Bertz CT molecular complexity index is 1150. The third-order valence-electron chi connectivity index (χ3n) is 4.49. The number of aryl methyl sites for hydroxylation is 3. The van der Waals surface area contributed by atoms with E-state index in [1.807, 2.05) is 18.2 Å². The number of furan rings is 1. The maximum atomic E-state index is 7.29. The van der Waals surface area contributed by atoms with Crippen LogP contribution in [0.5, 0.6) is 0 Å². The standard InChI is InChI=1S/C21H17N2O/c1-13-5-8-17(23(4)12-13)20-14(2)6-9-19-21(20)16-11-15(22-3)7-10-18(16)24-19/h5-12H,1-2,4H3/q+1. The van der Waals surface area contributed by atoms with Crippen molar-refractivity contribution in [1.29, 1.82) is 0 Å². The van der Waals surface area contributed by atoms with E-state index in [9.17, 15) is 0 Å². The average molecular weight is 313 g/mol. The van der Waals surface area contributed by atoms with E-state index in [1.165, 1.54) is 11.1 Å². The van der Waals surface area contributed by atoms with Crippen molar-refractivity contribution >= 4 is 27.6 Å². The number of hydrogen-bond acceptors (Lipinski definition) is 1. The molecule has 2 aromatic carbocycles. The fourth-order valence-corrected chi connectivity index (χ4v) is 3.37. The second kappa shape index (κ2) is 5.21. The zero-order valence-electron chi connectivity index (χ0n) is 13.9. The van der Waals surface area contributed by atoms with Gasteiger partial charge in [-0.25, -0.2) is 9.41 Å². The molecule has 0 fully saturated rings. The van der Waals surface area contributed by atoms with Gasteiger partial charge in [0.1, 0.15) is 18.2 Å². The monoisotopic (exact) mass is 313 g/mol. The minimum Gasteiger partial charge on any atom is -0.456 e. The van der Waals surface area contributed by atoms with Gasteiger partial charge in [0, 0.05) is 22.4 Å². The van der Waals surface area contributed by atoms with Gasteiger partial charge in [0.2, 0.25) is 5.69 Å². The Hall–Kier alpha value is -3.12. The topological polar surface area (TPSA) is 21.4 Å². The predicted molar refractivity (Wildman–Crippen MR) is 96.1 cm³/mol. The van der Waals surface area contributed by atoms with Crippen molar-refractivity contribution < 1.29 is 8.98 Å². The van der Waals surface area contributed by atoms with Crippen molar-refractivity contribution in [3.05, 3.63) is 71.2 Å². The van der Waals surface area contributed by atoms with Gasteiger partial charge in [-0.1, -0.05) is 12.1 Å². The lowest BCUT2D eigenvalue weighted by Gasteiger charge is -2.07. The van der Waals surface area contributed by atoms with Crippen LogP contribution in [0.25, 0.3) is 38.0 Å². The van der Waals surface area contributed by atoms with Gasteiger partial charge < -0.3 is 4.42 Å². The summed E-state index contributed by atoms with van der Waals surface area (Å²) < 4.78 is 8.17. The van der Waals surface area contributed by atoms with Crippen LogP contribution in [0.15, 0.2) is 53.1 Å². The first-order valence-corrected chi connectivity index (χ1v) is 7.88. The number of rotatable bonds is 1. The fraction of sp³-hybridized carbons (Fsp3) is 0.143. The summed E-state index contributed by atoms with van der Waals surface area (Å²) in [4.78, 5) is 3.56. The first kappa shape index (κ1) is 14.5. The highest BCUT2D eigenvalue weighted by Crippen LogP contribution is 2.38. The molecule has 0 atom stereocenters. The van der Waals surface area contributed by atoms with Gasteiger partial charge in [-0.05, 0) is 43.7 Å². The number of pyridine rings is 1. The maximum Gasteiger partial charge on any atom is 0.213 e. The summed E-state index contributed by atoms with van der Waals surface area (Å²) in [6.07, 6.45) is 2.13. The molecular formula is C21H17N2O+. The van der Waals surface area contributed by atoms with E-state index in [2.05, 4.69) is 54.7 Å². The SMILES string of the molecule is [C-]#[N+]c1ccc2oc3ccc(C)c(-c4ccc(C)c[n+]4C)c3c2c1. The van der Waals surface area contributed by atoms with E-state index in [1.54, 1.807) is 6.07 Å². The van der Waals surface area contributed by atoms with Gasteiger partial charge in [-0.15, -0.1) is 0 Å². The third kappa shape index (κ3) is 2.08. The van der Waals surface area contributed by atoms with Crippen LogP contribution >= 0.6 is 0 Å². The van der Waals surface area contributed by atoms with Crippen molar-refractivity contribution in [2.75, 3.05) is 0 Å². The Morgan fingerprint density at radius 2 is 1.79 bits per heavy atom. The van der Waals surface area contributed by atoms with Gasteiger partial charge in [0.15, 0.2) is 11.9 Å². The Kier molecular flexibility index (Phi) is 3.14. The number of benzene rings is 2. The molecule has 0 N–H and O–H groups in total. The Balaban J connectivity index is 2.18. The molecule has 0 bridgehead atoms. The summed E-state index contributed by atoms with van der Waals surface area (Å²) in [5.74, 6) is 0. The highest BCUT2D eigenvalue weighted by molar-refractivity contribution is 6.13. The Morgan fingerprint density at radius 1 is 1.00 bits per heavy atom. The molecule has 0 unspecified atom stereocenters. The number of hydrogen-bond donors (Lipinski definition) is 0. The molecule has 4 rings (SSSR count). The highest BCUT2D eigenvalue weighted by atomic mass is 16.3. The summed E-state index contributed by atoms with van der Waals surface area (Å²) in [5.41, 5.74) is 7.02. The molecule has 0 aliphatic carbocycles. The van der Waals surface area contributed by atoms with Crippen molar-refractivity contribution in [2.24, 2.45) is 7.05 Å². The molecule has 0 aliphatic heterocycles. The second-order valence-electron chi connectivity index (χ2n) is 6.23. The first-order valence-electron chi connectivity index (χ1n) is 7.88. The molecule has 0 radical (unpaired) electrons. The molecule has 2 heterocycles. The molecule has 0 saturated carbocycles. The highest BCUT2D eigenvalue weighted by Gasteiger charge is 2.20. The van der Waals surface area contributed by atoms with E-state index in [0.717, 1.165) is 33.2 Å². The maximum absolute atomic E-state index is 7.29. The summed E-state index contributed by atoms with van der Waals surface area (Å²) >= 11 is 0. The van der Waals surface area contributed by atoms with Crippen LogP contribution in [0.1, 0.15) is 11.1 Å². The smallest absolute Gasteiger partial charge is 0.213 e. The van der Waals surface area contributed by atoms with Gasteiger partial charge in [0.05, 0.1) is 12.1 Å². The minimum atomic E-state index is 0.630. The van der Waals surface area contributed by atoms with Gasteiger partial charge >= 0.3 is 0 Å². The van der Waals surface area contributed by atoms with E-state index < -0.39 is 0 Å². The van der Waals surface area contributed by atoms with Crippen LogP contribution in [0.3, 0.4) is 0 Å². The quantitative estimate of drug-likeness (QED) is 0.347. The van der Waals surface area contributed by atoms with Gasteiger partial charge in [-0.2, -0.15) is 0 Å². The summed E-state index contributed by atoms with van der Waals surface area (Å²) in [5, 5.41) is 2.08. The summed E-state index contributed by atoms with van der Waals surface area (Å²) in [6.45, 7) is 11.5. The van der Waals surface area contributed by atoms with Crippen molar-refractivity contribution in [1.82, 2.24) is 0 Å². The lowest BCUT2D eigenvalue weighted by atomic mass is 9.97. The molecule has 3 heteroatoms. The summed E-state index contributed by atoms with van der Waals surface area (Å²) in [6, 6.07) is 14.0. The Morgan fingerprint density at radius 3 is 2.54 bits per heavy atom. The van der Waals surface area contributed by atoms with Crippen molar-refractivity contribution in [2.45, 2.75) is 13.8 Å². The normalized spacial score (nSPS) is 11.1. The van der Waals surface area contributed by atoms with E-state index in [4.69, 9.17) is 11.0 Å². The largest absolute Gasteiger partial charge is 0.456 e. The third-order valence-corrected chi connectivity index (χ3v) is 4.49. The van der Waals surface area contributed by atoms with Crippen molar-refractivity contribution in [3.8, 4) is 11.3 Å². The lowest BCUT2D eigenvalue weighted by molar-refractivity contribution is -0.660. The molecule has 4 aromatic rings.